The number of aromatic nitrogens is 2. The van der Waals surface area contributed by atoms with Crippen molar-refractivity contribution in [2.45, 2.75) is 32.2 Å². The SMILES string of the molecule is COc1ccc(CCNc2cc(C)nc(NC3CC3)n2)cc1OC. The van der Waals surface area contributed by atoms with Gasteiger partial charge < -0.3 is 20.1 Å². The first-order valence-electron chi connectivity index (χ1n) is 8.25. The maximum Gasteiger partial charge on any atom is 0.225 e. The van der Waals surface area contributed by atoms with E-state index in [1.165, 1.54) is 18.4 Å². The van der Waals surface area contributed by atoms with Gasteiger partial charge >= 0.3 is 0 Å². The molecule has 1 saturated carbocycles. The second kappa shape index (κ2) is 7.38. The predicted molar refractivity (Wildman–Crippen MR) is 95.2 cm³/mol. The number of aryl methyl sites for hydroxylation is 1. The van der Waals surface area contributed by atoms with E-state index in [9.17, 15) is 0 Å². The van der Waals surface area contributed by atoms with Crippen molar-refractivity contribution in [3.63, 3.8) is 0 Å². The maximum absolute atomic E-state index is 5.34. The maximum atomic E-state index is 5.34. The fourth-order valence-corrected chi connectivity index (χ4v) is 2.50. The number of anilines is 2. The molecular formula is C18H24N4O2. The molecule has 0 spiro atoms. The van der Waals surface area contributed by atoms with Gasteiger partial charge in [0.25, 0.3) is 0 Å². The second-order valence-electron chi connectivity index (χ2n) is 6.00. The van der Waals surface area contributed by atoms with E-state index < -0.39 is 0 Å². The summed E-state index contributed by atoms with van der Waals surface area (Å²) in [4.78, 5) is 8.96. The van der Waals surface area contributed by atoms with E-state index in [1.54, 1.807) is 14.2 Å². The third kappa shape index (κ3) is 4.28. The van der Waals surface area contributed by atoms with Crippen molar-refractivity contribution >= 4 is 11.8 Å². The Hall–Kier alpha value is -2.50. The van der Waals surface area contributed by atoms with Crippen LogP contribution in [0, 0.1) is 6.92 Å². The molecule has 2 aromatic rings. The summed E-state index contributed by atoms with van der Waals surface area (Å²) in [5.74, 6) is 3.07. The molecule has 24 heavy (non-hydrogen) atoms. The topological polar surface area (TPSA) is 68.3 Å². The molecule has 2 N–H and O–H groups in total. The molecule has 128 valence electrons. The van der Waals surface area contributed by atoms with Crippen LogP contribution in [0.25, 0.3) is 0 Å². The average Bonchev–Trinajstić information content (AvgIpc) is 3.38. The standard InChI is InChI=1S/C18H24N4O2/c1-12-10-17(22-18(20-12)21-14-5-6-14)19-9-8-13-4-7-15(23-2)16(11-13)24-3/h4,7,10-11,14H,5-6,8-9H2,1-3H3,(H2,19,20,21,22). The van der Waals surface area contributed by atoms with Crippen LogP contribution in [-0.2, 0) is 6.42 Å². The van der Waals surface area contributed by atoms with Crippen LogP contribution in [0.5, 0.6) is 11.5 Å². The highest BCUT2D eigenvalue weighted by Gasteiger charge is 2.22. The summed E-state index contributed by atoms with van der Waals surface area (Å²) >= 11 is 0. The highest BCUT2D eigenvalue weighted by atomic mass is 16.5. The summed E-state index contributed by atoms with van der Waals surface area (Å²) < 4.78 is 10.6. The van der Waals surface area contributed by atoms with Crippen LogP contribution in [0.15, 0.2) is 24.3 Å². The summed E-state index contributed by atoms with van der Waals surface area (Å²) in [6.45, 7) is 2.77. The lowest BCUT2D eigenvalue weighted by atomic mass is 10.1. The minimum Gasteiger partial charge on any atom is -0.493 e. The first-order chi connectivity index (χ1) is 11.7. The Kier molecular flexibility index (Phi) is 5.03. The van der Waals surface area contributed by atoms with Crippen LogP contribution in [0.2, 0.25) is 0 Å². The third-order valence-electron chi connectivity index (χ3n) is 3.93. The van der Waals surface area contributed by atoms with E-state index in [2.05, 4.69) is 20.6 Å². The lowest BCUT2D eigenvalue weighted by Crippen LogP contribution is -2.11. The zero-order valence-electron chi connectivity index (χ0n) is 14.4. The predicted octanol–water partition coefficient (Wildman–Crippen LogP) is 3.03. The Bertz CT molecular complexity index is 701. The van der Waals surface area contributed by atoms with Crippen LogP contribution in [0.4, 0.5) is 11.8 Å². The molecule has 3 rings (SSSR count). The fourth-order valence-electron chi connectivity index (χ4n) is 2.50. The quantitative estimate of drug-likeness (QED) is 0.776. The number of rotatable bonds is 8. The molecule has 6 nitrogen and oxygen atoms in total. The molecule has 0 bridgehead atoms. The zero-order chi connectivity index (χ0) is 16.9. The van der Waals surface area contributed by atoms with E-state index in [0.717, 1.165) is 36.0 Å². The minimum atomic E-state index is 0.548. The van der Waals surface area contributed by atoms with Gasteiger partial charge in [-0.15, -0.1) is 0 Å². The summed E-state index contributed by atoms with van der Waals surface area (Å²) in [6.07, 6.45) is 3.29. The molecule has 1 aromatic carbocycles. The molecular weight excluding hydrogens is 304 g/mol. The van der Waals surface area contributed by atoms with Crippen molar-refractivity contribution in [3.05, 3.63) is 35.5 Å². The molecule has 0 aliphatic heterocycles. The van der Waals surface area contributed by atoms with Gasteiger partial charge in [0.15, 0.2) is 11.5 Å². The molecule has 1 aliphatic carbocycles. The smallest absolute Gasteiger partial charge is 0.225 e. The molecule has 1 aliphatic rings. The minimum absolute atomic E-state index is 0.548. The monoisotopic (exact) mass is 328 g/mol. The van der Waals surface area contributed by atoms with E-state index in [0.29, 0.717) is 12.0 Å². The third-order valence-corrected chi connectivity index (χ3v) is 3.93. The van der Waals surface area contributed by atoms with E-state index in [1.807, 2.05) is 31.2 Å². The van der Waals surface area contributed by atoms with Gasteiger partial charge in [0.1, 0.15) is 5.82 Å². The molecule has 0 amide bonds. The highest BCUT2D eigenvalue weighted by Crippen LogP contribution is 2.27. The Balaban J connectivity index is 1.58. The Morgan fingerprint density at radius 1 is 1.08 bits per heavy atom. The first-order valence-corrected chi connectivity index (χ1v) is 8.25. The summed E-state index contributed by atoms with van der Waals surface area (Å²) in [7, 11) is 3.29. The van der Waals surface area contributed by atoms with Crippen LogP contribution >= 0.6 is 0 Å². The molecule has 0 unspecified atom stereocenters. The van der Waals surface area contributed by atoms with Crippen molar-refractivity contribution in [2.24, 2.45) is 0 Å². The van der Waals surface area contributed by atoms with Crippen molar-refractivity contribution in [3.8, 4) is 11.5 Å². The van der Waals surface area contributed by atoms with Gasteiger partial charge in [-0.25, -0.2) is 4.98 Å². The summed E-state index contributed by atoms with van der Waals surface area (Å²) in [5.41, 5.74) is 2.14. The largest absolute Gasteiger partial charge is 0.493 e. The molecule has 6 heteroatoms. The number of ether oxygens (including phenoxy) is 2. The van der Waals surface area contributed by atoms with Gasteiger partial charge in [-0.2, -0.15) is 4.98 Å². The van der Waals surface area contributed by atoms with Crippen molar-refractivity contribution in [2.75, 3.05) is 31.4 Å². The molecule has 0 saturated heterocycles. The van der Waals surface area contributed by atoms with Gasteiger partial charge in [-0.05, 0) is 43.9 Å². The Labute approximate surface area is 142 Å². The van der Waals surface area contributed by atoms with Gasteiger partial charge in [0.2, 0.25) is 5.95 Å². The number of hydrogen-bond donors (Lipinski definition) is 2. The van der Waals surface area contributed by atoms with Crippen molar-refractivity contribution in [1.82, 2.24) is 9.97 Å². The Morgan fingerprint density at radius 3 is 2.58 bits per heavy atom. The second-order valence-corrected chi connectivity index (χ2v) is 6.00. The number of nitrogens with zero attached hydrogens (tertiary/aromatic N) is 2. The summed E-state index contributed by atoms with van der Waals surface area (Å²) in [6, 6.07) is 8.50. The molecule has 1 fully saturated rings. The lowest BCUT2D eigenvalue weighted by molar-refractivity contribution is 0.354. The molecule has 0 radical (unpaired) electrons. The van der Waals surface area contributed by atoms with Crippen molar-refractivity contribution < 1.29 is 9.47 Å². The van der Waals surface area contributed by atoms with Gasteiger partial charge in [-0.3, -0.25) is 0 Å². The fraction of sp³-hybridized carbons (Fsp3) is 0.444. The van der Waals surface area contributed by atoms with Crippen LogP contribution < -0.4 is 20.1 Å². The van der Waals surface area contributed by atoms with Crippen LogP contribution in [0.3, 0.4) is 0 Å². The summed E-state index contributed by atoms with van der Waals surface area (Å²) in [5, 5.41) is 6.71. The Morgan fingerprint density at radius 2 is 1.88 bits per heavy atom. The van der Waals surface area contributed by atoms with Crippen LogP contribution in [-0.4, -0.2) is 36.8 Å². The van der Waals surface area contributed by atoms with Gasteiger partial charge in [0.05, 0.1) is 14.2 Å². The van der Waals surface area contributed by atoms with E-state index in [4.69, 9.17) is 9.47 Å². The zero-order valence-corrected chi connectivity index (χ0v) is 14.4. The van der Waals surface area contributed by atoms with E-state index in [-0.39, 0.29) is 0 Å². The number of nitrogens with one attached hydrogen (secondary N) is 2. The van der Waals surface area contributed by atoms with Crippen molar-refractivity contribution in [1.29, 1.82) is 0 Å². The molecule has 1 aromatic heterocycles. The highest BCUT2D eigenvalue weighted by molar-refractivity contribution is 5.45. The normalized spacial score (nSPS) is 13.5. The first kappa shape index (κ1) is 16.4. The molecule has 0 atom stereocenters. The number of hydrogen-bond acceptors (Lipinski definition) is 6. The van der Waals surface area contributed by atoms with Gasteiger partial charge in [0, 0.05) is 24.3 Å². The number of benzene rings is 1. The van der Waals surface area contributed by atoms with Crippen LogP contribution in [0.1, 0.15) is 24.1 Å². The molecule has 1 heterocycles. The lowest BCUT2D eigenvalue weighted by Gasteiger charge is -2.11. The van der Waals surface area contributed by atoms with E-state index >= 15 is 0 Å². The number of methoxy groups -OCH3 is 2. The average molecular weight is 328 g/mol. The van der Waals surface area contributed by atoms with Gasteiger partial charge in [-0.1, -0.05) is 6.07 Å².